The lowest BCUT2D eigenvalue weighted by Crippen LogP contribution is -2.21. The van der Waals surface area contributed by atoms with Crippen molar-refractivity contribution < 1.29 is 22.7 Å². The summed E-state index contributed by atoms with van der Waals surface area (Å²) in [5, 5.41) is 2.87. The van der Waals surface area contributed by atoms with E-state index in [2.05, 4.69) is 10.0 Å². The number of benzene rings is 3. The summed E-state index contributed by atoms with van der Waals surface area (Å²) in [6, 6.07) is 16.4. The molecule has 7 nitrogen and oxygen atoms in total. The first-order valence-electron chi connectivity index (χ1n) is 9.95. The largest absolute Gasteiger partial charge is 0.497 e. The third kappa shape index (κ3) is 5.79. The van der Waals surface area contributed by atoms with Gasteiger partial charge in [-0.05, 0) is 80.4 Å². The number of anilines is 2. The molecular formula is C24H26N2O5S. The van der Waals surface area contributed by atoms with E-state index in [9.17, 15) is 13.2 Å². The van der Waals surface area contributed by atoms with Crippen molar-refractivity contribution in [2.45, 2.75) is 25.7 Å². The van der Waals surface area contributed by atoms with Crippen LogP contribution in [-0.4, -0.2) is 28.0 Å². The van der Waals surface area contributed by atoms with Crippen molar-refractivity contribution in [2.75, 3.05) is 23.8 Å². The first-order chi connectivity index (χ1) is 15.2. The SMILES string of the molecule is COc1ccc(NS(=O)(=O)c2ccc(OCC(=O)Nc3c(C)cc(C)cc3C)cc2)cc1. The fourth-order valence-corrected chi connectivity index (χ4v) is 4.35. The molecule has 3 aromatic carbocycles. The molecule has 3 aromatic rings. The Morgan fingerprint density at radius 3 is 2.00 bits per heavy atom. The van der Waals surface area contributed by atoms with Crippen LogP contribution in [0.15, 0.2) is 65.6 Å². The molecule has 8 heteroatoms. The van der Waals surface area contributed by atoms with Crippen molar-refractivity contribution in [1.29, 1.82) is 0 Å². The second-order valence-corrected chi connectivity index (χ2v) is 9.10. The highest BCUT2D eigenvalue weighted by molar-refractivity contribution is 7.92. The Kier molecular flexibility index (Phi) is 7.05. The van der Waals surface area contributed by atoms with Crippen LogP contribution in [0.5, 0.6) is 11.5 Å². The van der Waals surface area contributed by atoms with Crippen molar-refractivity contribution in [1.82, 2.24) is 0 Å². The number of aryl methyl sites for hydroxylation is 3. The number of carbonyl (C=O) groups excluding carboxylic acids is 1. The van der Waals surface area contributed by atoms with Gasteiger partial charge in [-0.2, -0.15) is 0 Å². The van der Waals surface area contributed by atoms with Crippen LogP contribution in [0.25, 0.3) is 0 Å². The highest BCUT2D eigenvalue weighted by atomic mass is 32.2. The van der Waals surface area contributed by atoms with E-state index < -0.39 is 10.0 Å². The summed E-state index contributed by atoms with van der Waals surface area (Å²) >= 11 is 0. The molecule has 0 bridgehead atoms. The molecule has 3 rings (SSSR count). The monoisotopic (exact) mass is 454 g/mol. The molecule has 168 valence electrons. The van der Waals surface area contributed by atoms with Gasteiger partial charge in [-0.15, -0.1) is 0 Å². The topological polar surface area (TPSA) is 93.7 Å². The van der Waals surface area contributed by atoms with Crippen molar-refractivity contribution in [3.63, 3.8) is 0 Å². The van der Waals surface area contributed by atoms with Crippen LogP contribution in [0.3, 0.4) is 0 Å². The molecule has 2 N–H and O–H groups in total. The summed E-state index contributed by atoms with van der Waals surface area (Å²) in [4.78, 5) is 12.4. The molecule has 0 aliphatic rings. The molecule has 0 fully saturated rings. The summed E-state index contributed by atoms with van der Waals surface area (Å²) < 4.78 is 38.2. The third-order valence-corrected chi connectivity index (χ3v) is 6.18. The number of methoxy groups -OCH3 is 1. The van der Waals surface area contributed by atoms with Crippen LogP contribution < -0.4 is 19.5 Å². The van der Waals surface area contributed by atoms with Crippen LogP contribution in [0.1, 0.15) is 16.7 Å². The average Bonchev–Trinajstić information content (AvgIpc) is 2.75. The number of sulfonamides is 1. The fourth-order valence-electron chi connectivity index (χ4n) is 3.29. The van der Waals surface area contributed by atoms with E-state index in [0.717, 1.165) is 22.4 Å². The lowest BCUT2D eigenvalue weighted by molar-refractivity contribution is -0.118. The standard InChI is InChI=1S/C24H26N2O5S/c1-16-13-17(2)24(18(3)14-16)25-23(27)15-31-21-9-11-22(12-10-21)32(28,29)26-19-5-7-20(30-4)8-6-19/h5-14,26H,15H2,1-4H3,(H,25,27). The molecule has 0 atom stereocenters. The molecule has 0 radical (unpaired) electrons. The Balaban J connectivity index is 1.59. The van der Waals surface area contributed by atoms with E-state index in [1.165, 1.54) is 31.4 Å². The molecule has 0 aliphatic heterocycles. The third-order valence-electron chi connectivity index (χ3n) is 4.79. The Bertz CT molecular complexity index is 1180. The predicted octanol–water partition coefficient (Wildman–Crippen LogP) is 4.44. The lowest BCUT2D eigenvalue weighted by Gasteiger charge is -2.13. The number of ether oxygens (including phenoxy) is 2. The highest BCUT2D eigenvalue weighted by Gasteiger charge is 2.15. The molecule has 0 spiro atoms. The first kappa shape index (κ1) is 23.1. The zero-order valence-electron chi connectivity index (χ0n) is 18.4. The smallest absolute Gasteiger partial charge is 0.262 e. The lowest BCUT2D eigenvalue weighted by atomic mass is 10.1. The number of nitrogens with one attached hydrogen (secondary N) is 2. The number of hydrogen-bond donors (Lipinski definition) is 2. The maximum Gasteiger partial charge on any atom is 0.262 e. The Hall–Kier alpha value is -3.52. The van der Waals surface area contributed by atoms with Gasteiger partial charge in [-0.25, -0.2) is 8.42 Å². The van der Waals surface area contributed by atoms with Crippen molar-refractivity contribution in [3.05, 3.63) is 77.4 Å². The molecule has 0 aromatic heterocycles. The minimum absolute atomic E-state index is 0.0797. The van der Waals surface area contributed by atoms with E-state index in [1.807, 2.05) is 32.9 Å². The van der Waals surface area contributed by atoms with Gasteiger partial charge in [0, 0.05) is 11.4 Å². The fraction of sp³-hybridized carbons (Fsp3) is 0.208. The van der Waals surface area contributed by atoms with Crippen LogP contribution in [0, 0.1) is 20.8 Å². The second kappa shape index (κ2) is 9.74. The van der Waals surface area contributed by atoms with Gasteiger partial charge in [-0.1, -0.05) is 17.7 Å². The zero-order chi connectivity index (χ0) is 23.3. The van der Waals surface area contributed by atoms with Crippen molar-refractivity contribution in [3.8, 4) is 11.5 Å². The molecule has 0 heterocycles. The Labute approximate surface area is 188 Å². The molecule has 0 unspecified atom stereocenters. The first-order valence-corrected chi connectivity index (χ1v) is 11.4. The van der Waals surface area contributed by atoms with Crippen LogP contribution in [0.2, 0.25) is 0 Å². The summed E-state index contributed by atoms with van der Waals surface area (Å²) in [5.41, 5.74) is 4.29. The summed E-state index contributed by atoms with van der Waals surface area (Å²) in [6.07, 6.45) is 0. The van der Waals surface area contributed by atoms with E-state index in [1.54, 1.807) is 24.3 Å². The second-order valence-electron chi connectivity index (χ2n) is 7.42. The van der Waals surface area contributed by atoms with Gasteiger partial charge >= 0.3 is 0 Å². The van der Waals surface area contributed by atoms with Gasteiger partial charge in [0.05, 0.1) is 12.0 Å². The maximum absolute atomic E-state index is 12.6. The van der Waals surface area contributed by atoms with Gasteiger partial charge in [0.25, 0.3) is 15.9 Å². The van der Waals surface area contributed by atoms with Crippen molar-refractivity contribution in [2.24, 2.45) is 0 Å². The van der Waals surface area contributed by atoms with E-state index in [4.69, 9.17) is 9.47 Å². The number of amides is 1. The van der Waals surface area contributed by atoms with Gasteiger partial charge in [0.1, 0.15) is 11.5 Å². The minimum atomic E-state index is -3.76. The quantitative estimate of drug-likeness (QED) is 0.525. The maximum atomic E-state index is 12.6. The number of carbonyl (C=O) groups is 1. The van der Waals surface area contributed by atoms with Crippen LogP contribution >= 0.6 is 0 Å². The summed E-state index contributed by atoms with van der Waals surface area (Å²) in [7, 11) is -2.22. The summed E-state index contributed by atoms with van der Waals surface area (Å²) in [5.74, 6) is 0.727. The molecule has 0 saturated heterocycles. The normalized spacial score (nSPS) is 11.0. The number of hydrogen-bond acceptors (Lipinski definition) is 5. The average molecular weight is 455 g/mol. The van der Waals surface area contributed by atoms with Crippen LogP contribution in [-0.2, 0) is 14.8 Å². The van der Waals surface area contributed by atoms with Gasteiger partial charge in [0.15, 0.2) is 6.61 Å². The molecule has 1 amide bonds. The highest BCUT2D eigenvalue weighted by Crippen LogP contribution is 2.23. The zero-order valence-corrected chi connectivity index (χ0v) is 19.2. The minimum Gasteiger partial charge on any atom is -0.497 e. The van der Waals surface area contributed by atoms with Crippen LogP contribution in [0.4, 0.5) is 11.4 Å². The number of rotatable bonds is 8. The summed E-state index contributed by atoms with van der Waals surface area (Å²) in [6.45, 7) is 5.69. The van der Waals surface area contributed by atoms with Gasteiger partial charge in [-0.3, -0.25) is 9.52 Å². The molecule has 0 aliphatic carbocycles. The Morgan fingerprint density at radius 1 is 0.875 bits per heavy atom. The Morgan fingerprint density at radius 2 is 1.44 bits per heavy atom. The molecular weight excluding hydrogens is 428 g/mol. The molecule has 32 heavy (non-hydrogen) atoms. The van der Waals surface area contributed by atoms with Gasteiger partial charge < -0.3 is 14.8 Å². The van der Waals surface area contributed by atoms with Crippen molar-refractivity contribution >= 4 is 27.3 Å². The van der Waals surface area contributed by atoms with E-state index in [0.29, 0.717) is 17.2 Å². The predicted molar refractivity (Wildman–Crippen MR) is 125 cm³/mol. The molecule has 0 saturated carbocycles. The van der Waals surface area contributed by atoms with E-state index in [-0.39, 0.29) is 17.4 Å². The van der Waals surface area contributed by atoms with Gasteiger partial charge in [0.2, 0.25) is 0 Å². The van der Waals surface area contributed by atoms with E-state index >= 15 is 0 Å².